The van der Waals surface area contributed by atoms with Crippen molar-refractivity contribution in [1.82, 2.24) is 9.97 Å². The molecular formula is C10H15F3N4. The monoisotopic (exact) mass is 248 g/mol. The molecule has 96 valence electrons. The van der Waals surface area contributed by atoms with Crippen LogP contribution in [0.2, 0.25) is 0 Å². The number of hydrogen-bond donors (Lipinski definition) is 2. The number of nitrogens with one attached hydrogen (secondary N) is 1. The zero-order chi connectivity index (χ0) is 13.1. The Morgan fingerprint density at radius 2 is 2.00 bits per heavy atom. The summed E-state index contributed by atoms with van der Waals surface area (Å²) in [5.74, 6) is 0.714. The predicted molar refractivity (Wildman–Crippen MR) is 59.7 cm³/mol. The molecule has 0 amide bonds. The molecule has 0 saturated carbocycles. The molecule has 0 spiro atoms. The largest absolute Gasteiger partial charge is 0.390 e. The minimum Gasteiger partial charge on any atom is -0.383 e. The van der Waals surface area contributed by atoms with Crippen LogP contribution in [0.5, 0.6) is 0 Å². The molecule has 0 saturated heterocycles. The van der Waals surface area contributed by atoms with Gasteiger partial charge in [0.15, 0.2) is 0 Å². The van der Waals surface area contributed by atoms with Gasteiger partial charge in [-0.2, -0.15) is 13.2 Å². The molecule has 1 heterocycles. The van der Waals surface area contributed by atoms with E-state index in [4.69, 9.17) is 5.73 Å². The van der Waals surface area contributed by atoms with Crippen LogP contribution in [-0.4, -0.2) is 22.7 Å². The summed E-state index contributed by atoms with van der Waals surface area (Å²) in [6.45, 7) is 3.54. The van der Waals surface area contributed by atoms with Crippen molar-refractivity contribution in [3.05, 3.63) is 11.9 Å². The van der Waals surface area contributed by atoms with E-state index in [1.165, 1.54) is 6.33 Å². The Labute approximate surface area is 97.4 Å². The van der Waals surface area contributed by atoms with E-state index in [9.17, 15) is 13.2 Å². The molecule has 0 fully saturated rings. The Bertz CT molecular complexity index is 376. The molecular weight excluding hydrogens is 233 g/mol. The fraction of sp³-hybridized carbons (Fsp3) is 0.600. The van der Waals surface area contributed by atoms with Gasteiger partial charge in [0, 0.05) is 12.1 Å². The molecule has 0 aliphatic rings. The van der Waals surface area contributed by atoms with Crippen LogP contribution < -0.4 is 11.1 Å². The van der Waals surface area contributed by atoms with Crippen LogP contribution in [0.15, 0.2) is 6.33 Å². The summed E-state index contributed by atoms with van der Waals surface area (Å²) in [7, 11) is 0. The van der Waals surface area contributed by atoms with Crippen molar-refractivity contribution in [1.29, 1.82) is 0 Å². The second-order valence-corrected chi connectivity index (χ2v) is 3.97. The zero-order valence-corrected chi connectivity index (χ0v) is 9.67. The van der Waals surface area contributed by atoms with Crippen LogP contribution in [0.4, 0.5) is 24.8 Å². The van der Waals surface area contributed by atoms with Crippen molar-refractivity contribution >= 4 is 11.6 Å². The molecule has 7 heteroatoms. The lowest BCUT2D eigenvalue weighted by Gasteiger charge is -2.15. The highest BCUT2D eigenvalue weighted by atomic mass is 19.4. The number of nitrogens with two attached hydrogens (primary N) is 1. The highest BCUT2D eigenvalue weighted by Gasteiger charge is 2.26. The van der Waals surface area contributed by atoms with Gasteiger partial charge < -0.3 is 11.1 Å². The minimum atomic E-state index is -4.18. The van der Waals surface area contributed by atoms with Gasteiger partial charge in [-0.05, 0) is 5.92 Å². The predicted octanol–water partition coefficient (Wildman–Crippen LogP) is 2.55. The summed E-state index contributed by atoms with van der Waals surface area (Å²) in [6, 6.07) is 0. The summed E-state index contributed by atoms with van der Waals surface area (Å²) < 4.78 is 36.0. The Kier molecular flexibility index (Phi) is 4.14. The maximum atomic E-state index is 12.0. The summed E-state index contributed by atoms with van der Waals surface area (Å²) in [6.07, 6.45) is -3.85. The van der Waals surface area contributed by atoms with Gasteiger partial charge in [0.1, 0.15) is 18.0 Å². The topological polar surface area (TPSA) is 63.8 Å². The minimum absolute atomic E-state index is 0.0459. The smallest absolute Gasteiger partial charge is 0.383 e. The standard InChI is InChI=1S/C10H15F3N4/c1-6(2)7-8(14)16-5-17-9(7)15-4-3-10(11,12)13/h5-6H,3-4H2,1-2H3,(H3,14,15,16,17). The first kappa shape index (κ1) is 13.5. The Hall–Kier alpha value is -1.53. The fourth-order valence-electron chi connectivity index (χ4n) is 1.44. The van der Waals surface area contributed by atoms with Crippen LogP contribution >= 0.6 is 0 Å². The lowest BCUT2D eigenvalue weighted by atomic mass is 10.0. The number of anilines is 2. The maximum Gasteiger partial charge on any atom is 0.390 e. The van der Waals surface area contributed by atoms with Crippen LogP contribution in [0.3, 0.4) is 0 Å². The molecule has 0 bridgehead atoms. The molecule has 0 radical (unpaired) electrons. The number of nitrogens with zero attached hydrogens (tertiary/aromatic N) is 2. The molecule has 0 atom stereocenters. The third kappa shape index (κ3) is 4.08. The van der Waals surface area contributed by atoms with E-state index in [0.717, 1.165) is 0 Å². The lowest BCUT2D eigenvalue weighted by molar-refractivity contribution is -0.131. The van der Waals surface area contributed by atoms with E-state index in [0.29, 0.717) is 17.2 Å². The second kappa shape index (κ2) is 5.20. The summed E-state index contributed by atoms with van der Waals surface area (Å²) >= 11 is 0. The fourth-order valence-corrected chi connectivity index (χ4v) is 1.44. The van der Waals surface area contributed by atoms with E-state index >= 15 is 0 Å². The molecule has 4 nitrogen and oxygen atoms in total. The molecule has 0 aliphatic heterocycles. The van der Waals surface area contributed by atoms with Crippen molar-refractivity contribution in [2.75, 3.05) is 17.6 Å². The first-order valence-electron chi connectivity index (χ1n) is 5.22. The number of alkyl halides is 3. The van der Waals surface area contributed by atoms with Gasteiger partial charge >= 0.3 is 6.18 Å². The third-order valence-corrected chi connectivity index (χ3v) is 2.19. The number of nitrogen functional groups attached to an aromatic ring is 1. The molecule has 0 aliphatic carbocycles. The van der Waals surface area contributed by atoms with Crippen molar-refractivity contribution in [2.24, 2.45) is 0 Å². The third-order valence-electron chi connectivity index (χ3n) is 2.19. The zero-order valence-electron chi connectivity index (χ0n) is 9.67. The van der Waals surface area contributed by atoms with Crippen LogP contribution in [0.25, 0.3) is 0 Å². The van der Waals surface area contributed by atoms with Crippen molar-refractivity contribution in [2.45, 2.75) is 32.4 Å². The second-order valence-electron chi connectivity index (χ2n) is 3.97. The van der Waals surface area contributed by atoms with E-state index < -0.39 is 12.6 Å². The summed E-state index contributed by atoms with van der Waals surface area (Å²) in [4.78, 5) is 7.73. The van der Waals surface area contributed by atoms with Gasteiger partial charge in [0.05, 0.1) is 6.42 Å². The molecule has 1 aromatic rings. The van der Waals surface area contributed by atoms with Crippen LogP contribution in [-0.2, 0) is 0 Å². The number of halogens is 3. The normalized spacial score (nSPS) is 11.9. The number of rotatable bonds is 4. The number of hydrogen-bond acceptors (Lipinski definition) is 4. The molecule has 3 N–H and O–H groups in total. The van der Waals surface area contributed by atoms with Crippen molar-refractivity contribution in [3.8, 4) is 0 Å². The Balaban J connectivity index is 2.74. The van der Waals surface area contributed by atoms with Gasteiger partial charge in [-0.1, -0.05) is 13.8 Å². The van der Waals surface area contributed by atoms with E-state index in [-0.39, 0.29) is 12.5 Å². The van der Waals surface area contributed by atoms with Gasteiger partial charge in [-0.15, -0.1) is 0 Å². The highest BCUT2D eigenvalue weighted by molar-refractivity contribution is 5.56. The Morgan fingerprint density at radius 1 is 1.35 bits per heavy atom. The van der Waals surface area contributed by atoms with E-state index in [2.05, 4.69) is 15.3 Å². The first-order valence-corrected chi connectivity index (χ1v) is 5.22. The lowest BCUT2D eigenvalue weighted by Crippen LogP contribution is -2.17. The first-order chi connectivity index (χ1) is 7.81. The van der Waals surface area contributed by atoms with Crippen molar-refractivity contribution < 1.29 is 13.2 Å². The van der Waals surface area contributed by atoms with Crippen LogP contribution in [0, 0.1) is 0 Å². The SMILES string of the molecule is CC(C)c1c(N)ncnc1NCCC(F)(F)F. The molecule has 1 rings (SSSR count). The molecule has 0 aromatic carbocycles. The maximum absolute atomic E-state index is 12.0. The average molecular weight is 248 g/mol. The van der Waals surface area contributed by atoms with E-state index in [1.54, 1.807) is 0 Å². The summed E-state index contributed by atoms with van der Waals surface area (Å²) in [5.41, 5.74) is 6.31. The summed E-state index contributed by atoms with van der Waals surface area (Å²) in [5, 5.41) is 2.64. The van der Waals surface area contributed by atoms with E-state index in [1.807, 2.05) is 13.8 Å². The van der Waals surface area contributed by atoms with Crippen LogP contribution in [0.1, 0.15) is 31.7 Å². The molecule has 17 heavy (non-hydrogen) atoms. The molecule has 0 unspecified atom stereocenters. The van der Waals surface area contributed by atoms with Gasteiger partial charge in [0.25, 0.3) is 0 Å². The average Bonchev–Trinajstić information content (AvgIpc) is 2.14. The Morgan fingerprint density at radius 3 is 2.53 bits per heavy atom. The number of aromatic nitrogens is 2. The quantitative estimate of drug-likeness (QED) is 0.859. The van der Waals surface area contributed by atoms with Gasteiger partial charge in [-0.25, -0.2) is 9.97 Å². The molecule has 1 aromatic heterocycles. The van der Waals surface area contributed by atoms with Gasteiger partial charge in [0.2, 0.25) is 0 Å². The highest BCUT2D eigenvalue weighted by Crippen LogP contribution is 2.27. The van der Waals surface area contributed by atoms with Crippen molar-refractivity contribution in [3.63, 3.8) is 0 Å². The van der Waals surface area contributed by atoms with Gasteiger partial charge in [-0.3, -0.25) is 0 Å².